The highest BCUT2D eigenvalue weighted by Crippen LogP contribution is 2.38. The van der Waals surface area contributed by atoms with Gasteiger partial charge in [-0.25, -0.2) is 9.07 Å². The number of nitrogens with two attached hydrogens (primary N) is 1. The molecule has 1 aromatic heterocycles. The maximum atomic E-state index is 15.4. The number of Topliss-reactive ketones (excluding diaryl/α,β-unsaturated/α-hetero) is 1. The van der Waals surface area contributed by atoms with E-state index < -0.39 is 29.8 Å². The summed E-state index contributed by atoms with van der Waals surface area (Å²) in [5.41, 5.74) is 7.58. The fourth-order valence-electron chi connectivity index (χ4n) is 6.18. The number of aromatic nitrogens is 2. The van der Waals surface area contributed by atoms with Gasteiger partial charge in [0.05, 0.1) is 40.3 Å². The molecule has 234 valence electrons. The van der Waals surface area contributed by atoms with Gasteiger partial charge in [0.1, 0.15) is 18.0 Å². The van der Waals surface area contributed by atoms with E-state index in [4.69, 9.17) is 15.2 Å². The van der Waals surface area contributed by atoms with Crippen LogP contribution < -0.4 is 11.1 Å². The van der Waals surface area contributed by atoms with E-state index in [0.29, 0.717) is 62.0 Å². The molecular weight excluding hydrogens is 557 g/mol. The van der Waals surface area contributed by atoms with Gasteiger partial charge in [0.2, 0.25) is 0 Å². The van der Waals surface area contributed by atoms with Gasteiger partial charge in [0.25, 0.3) is 5.91 Å². The molecule has 0 spiro atoms. The quantitative estimate of drug-likeness (QED) is 0.390. The molecule has 2 aliphatic rings. The zero-order valence-electron chi connectivity index (χ0n) is 25.8. The van der Waals surface area contributed by atoms with Gasteiger partial charge in [-0.3, -0.25) is 19.2 Å². The van der Waals surface area contributed by atoms with Crippen molar-refractivity contribution in [3.8, 4) is 5.69 Å². The number of rotatable bonds is 10. The first-order chi connectivity index (χ1) is 20.1. The molecule has 1 fully saturated rings. The molecule has 1 unspecified atom stereocenters. The van der Waals surface area contributed by atoms with Gasteiger partial charge >= 0.3 is 11.9 Å². The van der Waals surface area contributed by atoms with Crippen molar-refractivity contribution in [2.75, 3.05) is 26.0 Å². The van der Waals surface area contributed by atoms with E-state index in [2.05, 4.69) is 10.4 Å². The largest absolute Gasteiger partial charge is 0.462 e. The number of esters is 2. The van der Waals surface area contributed by atoms with E-state index >= 15 is 4.39 Å². The fourth-order valence-corrected chi connectivity index (χ4v) is 6.18. The van der Waals surface area contributed by atoms with Crippen LogP contribution in [0.1, 0.15) is 91.4 Å². The number of hydrogen-bond donors (Lipinski definition) is 2. The van der Waals surface area contributed by atoms with Crippen molar-refractivity contribution in [1.29, 1.82) is 0 Å². The van der Waals surface area contributed by atoms with Crippen LogP contribution in [0.25, 0.3) is 5.69 Å². The first-order valence-corrected chi connectivity index (χ1v) is 14.7. The van der Waals surface area contributed by atoms with Crippen LogP contribution in [-0.2, 0) is 25.5 Å². The Balaban J connectivity index is 1.47. The lowest BCUT2D eigenvalue weighted by Gasteiger charge is -2.31. The molecule has 0 saturated heterocycles. The number of hydrogen-bond acceptors (Lipinski definition) is 9. The highest BCUT2D eigenvalue weighted by Gasteiger charge is 2.36. The Bertz CT molecular complexity index is 1410. The number of carbonyl (C=O) groups excluding carboxylic acids is 4. The first-order valence-electron chi connectivity index (χ1n) is 14.7. The van der Waals surface area contributed by atoms with Crippen LogP contribution in [0.5, 0.6) is 0 Å². The number of likely N-dealkylation sites (N-methyl/N-ethyl adjacent to an activating group) is 1. The lowest BCUT2D eigenvalue weighted by atomic mass is 9.75. The number of benzene rings is 1. The lowest BCUT2D eigenvalue weighted by molar-refractivity contribution is -0.158. The van der Waals surface area contributed by atoms with E-state index in [1.165, 1.54) is 13.0 Å². The number of nitrogens with zero attached hydrogens (tertiary/aromatic N) is 3. The second-order valence-electron chi connectivity index (χ2n) is 12.8. The van der Waals surface area contributed by atoms with E-state index in [1.54, 1.807) is 17.7 Å². The number of ketones is 1. The fraction of sp³-hybridized carbons (Fsp3) is 0.581. The van der Waals surface area contributed by atoms with Gasteiger partial charge in [-0.1, -0.05) is 13.8 Å². The summed E-state index contributed by atoms with van der Waals surface area (Å²) in [6.45, 7) is 7.50. The van der Waals surface area contributed by atoms with Crippen molar-refractivity contribution in [2.24, 2.45) is 11.1 Å². The van der Waals surface area contributed by atoms with Crippen molar-refractivity contribution in [3.63, 3.8) is 0 Å². The van der Waals surface area contributed by atoms with Gasteiger partial charge in [0, 0.05) is 32.0 Å². The van der Waals surface area contributed by atoms with Gasteiger partial charge < -0.3 is 25.4 Å². The monoisotopic (exact) mass is 599 g/mol. The van der Waals surface area contributed by atoms with Crippen LogP contribution >= 0.6 is 0 Å². The standard InChI is InChI=1S/C31H42FN5O6/c1-17-28-25(14-31(3,4)15-26(28)39)37(35-17)20-11-23(32)29(30(33)41)24(12-20)34-19-7-9-21(10-8-19)43-27(40)13-22(16-36(5)6)42-18(2)38/h11-12,19,21-22,34H,7-10,13-16H2,1-6H3,(H2,33,41). The smallest absolute Gasteiger partial charge is 0.309 e. The summed E-state index contributed by atoms with van der Waals surface area (Å²) < 4.78 is 27.9. The van der Waals surface area contributed by atoms with Crippen LogP contribution in [0.3, 0.4) is 0 Å². The topological polar surface area (TPSA) is 146 Å². The zero-order valence-corrected chi connectivity index (χ0v) is 25.8. The maximum Gasteiger partial charge on any atom is 0.309 e. The molecule has 11 nitrogen and oxygen atoms in total. The number of aryl methyl sites for hydroxylation is 1. The minimum Gasteiger partial charge on any atom is -0.462 e. The molecule has 12 heteroatoms. The van der Waals surface area contributed by atoms with Crippen molar-refractivity contribution < 1.29 is 33.0 Å². The Kier molecular flexibility index (Phi) is 9.58. The second kappa shape index (κ2) is 12.8. The molecule has 2 aliphatic carbocycles. The molecule has 1 amide bonds. The average molecular weight is 600 g/mol. The summed E-state index contributed by atoms with van der Waals surface area (Å²) in [4.78, 5) is 51.0. The minimum absolute atomic E-state index is 0.0136. The molecule has 1 atom stereocenters. The number of anilines is 1. The van der Waals surface area contributed by atoms with E-state index in [1.807, 2.05) is 32.8 Å². The summed E-state index contributed by atoms with van der Waals surface area (Å²) >= 11 is 0. The van der Waals surface area contributed by atoms with E-state index in [-0.39, 0.29) is 41.0 Å². The first kappa shape index (κ1) is 32.1. The third kappa shape index (κ3) is 7.78. The second-order valence-corrected chi connectivity index (χ2v) is 12.8. The highest BCUT2D eigenvalue weighted by molar-refractivity contribution is 6.00. The number of amides is 1. The minimum atomic E-state index is -0.899. The van der Waals surface area contributed by atoms with Gasteiger partial charge in [0.15, 0.2) is 5.78 Å². The summed E-state index contributed by atoms with van der Waals surface area (Å²) in [6, 6.07) is 2.74. The number of halogens is 1. The highest BCUT2D eigenvalue weighted by atomic mass is 19.1. The summed E-state index contributed by atoms with van der Waals surface area (Å²) in [5.74, 6) is -2.56. The molecule has 0 bridgehead atoms. The number of primary amides is 1. The van der Waals surface area contributed by atoms with Crippen LogP contribution in [-0.4, -0.2) is 77.2 Å². The lowest BCUT2D eigenvalue weighted by Crippen LogP contribution is -2.35. The maximum absolute atomic E-state index is 15.4. The number of fused-ring (bicyclic) bond motifs is 1. The van der Waals surface area contributed by atoms with E-state index in [9.17, 15) is 19.2 Å². The van der Waals surface area contributed by atoms with Crippen LogP contribution in [0.2, 0.25) is 0 Å². The third-order valence-corrected chi connectivity index (χ3v) is 7.91. The molecule has 43 heavy (non-hydrogen) atoms. The van der Waals surface area contributed by atoms with E-state index in [0.717, 1.165) is 5.69 Å². The number of carbonyl (C=O) groups is 4. The third-order valence-electron chi connectivity index (χ3n) is 7.91. The van der Waals surface area contributed by atoms with Crippen molar-refractivity contribution in [3.05, 3.63) is 40.5 Å². The summed E-state index contributed by atoms with van der Waals surface area (Å²) in [6.07, 6.45) is 2.40. The number of ether oxygens (including phenoxy) is 2. The molecule has 3 N–H and O–H groups in total. The molecule has 0 radical (unpaired) electrons. The van der Waals surface area contributed by atoms with Crippen molar-refractivity contribution >= 4 is 29.3 Å². The molecule has 0 aliphatic heterocycles. The Morgan fingerprint density at radius 3 is 2.47 bits per heavy atom. The summed E-state index contributed by atoms with van der Waals surface area (Å²) in [5, 5.41) is 7.87. The Morgan fingerprint density at radius 2 is 1.86 bits per heavy atom. The van der Waals surface area contributed by atoms with Crippen LogP contribution in [0.4, 0.5) is 10.1 Å². The SMILES string of the molecule is CC(=O)OC(CC(=O)OC1CCC(Nc2cc(-n3nc(C)c4c3CC(C)(C)CC4=O)cc(F)c2C(N)=O)CC1)CN(C)C. The number of nitrogens with one attached hydrogen (secondary N) is 1. The average Bonchev–Trinajstić information content (AvgIpc) is 3.18. The summed E-state index contributed by atoms with van der Waals surface area (Å²) in [7, 11) is 3.65. The Morgan fingerprint density at radius 1 is 1.19 bits per heavy atom. The van der Waals surface area contributed by atoms with Gasteiger partial charge in [-0.15, -0.1) is 0 Å². The zero-order chi connectivity index (χ0) is 31.6. The molecule has 2 aromatic rings. The Labute approximate surface area is 251 Å². The molecule has 4 rings (SSSR count). The molecule has 1 aromatic carbocycles. The normalized spacial score (nSPS) is 20.3. The Hall–Kier alpha value is -3.80. The van der Waals surface area contributed by atoms with Gasteiger partial charge in [-0.05, 0) is 64.6 Å². The van der Waals surface area contributed by atoms with Gasteiger partial charge in [-0.2, -0.15) is 5.10 Å². The van der Waals surface area contributed by atoms with Crippen LogP contribution in [0, 0.1) is 18.2 Å². The van der Waals surface area contributed by atoms with Crippen LogP contribution in [0.15, 0.2) is 12.1 Å². The molecular formula is C31H42FN5O6. The molecule has 1 heterocycles. The van der Waals surface area contributed by atoms with Crippen molar-refractivity contribution in [2.45, 2.75) is 90.9 Å². The molecule has 1 saturated carbocycles. The predicted octanol–water partition coefficient (Wildman–Crippen LogP) is 3.72. The predicted molar refractivity (Wildman–Crippen MR) is 158 cm³/mol. The van der Waals surface area contributed by atoms with Crippen molar-refractivity contribution in [1.82, 2.24) is 14.7 Å².